The van der Waals surface area contributed by atoms with Gasteiger partial charge in [0, 0.05) is 29.9 Å². The van der Waals surface area contributed by atoms with Gasteiger partial charge in [-0.3, -0.25) is 9.48 Å². The first-order chi connectivity index (χ1) is 15.4. The molecule has 3 aromatic rings. The largest absolute Gasteiger partial charge is 0.574 e. The number of carbonyl (C=O) groups excluding carboxylic acids is 1. The van der Waals surface area contributed by atoms with Gasteiger partial charge >= 0.3 is 12.5 Å². The molecule has 4 rings (SSSR count). The number of nitrogens with zero attached hydrogens (tertiary/aromatic N) is 4. The Labute approximate surface area is 180 Å². The number of nitrogens with one attached hydrogen (secondary N) is 1. The first kappa shape index (κ1) is 22.5. The van der Waals surface area contributed by atoms with Gasteiger partial charge in [0.1, 0.15) is 5.69 Å². The molecule has 0 fully saturated rings. The third-order valence-electron chi connectivity index (χ3n) is 4.74. The molecular weight excluding hydrogens is 463 g/mol. The predicted octanol–water partition coefficient (Wildman–Crippen LogP) is 4.27. The number of amides is 1. The molecule has 3 aromatic heterocycles. The fourth-order valence-electron chi connectivity index (χ4n) is 3.32. The van der Waals surface area contributed by atoms with Gasteiger partial charge in [0.2, 0.25) is 5.88 Å². The zero-order valence-corrected chi connectivity index (χ0v) is 16.2. The van der Waals surface area contributed by atoms with E-state index in [2.05, 4.69) is 25.1 Å². The highest BCUT2D eigenvalue weighted by atomic mass is 19.4. The number of alkyl halides is 6. The summed E-state index contributed by atoms with van der Waals surface area (Å²) in [6.45, 7) is 0.276. The highest BCUT2D eigenvalue weighted by Crippen LogP contribution is 2.34. The average Bonchev–Trinajstić information content (AvgIpc) is 3.28. The molecular formula is C19H12F7N5O2. The van der Waals surface area contributed by atoms with Crippen molar-refractivity contribution >= 4 is 5.91 Å². The van der Waals surface area contributed by atoms with E-state index in [0.29, 0.717) is 24.4 Å². The van der Waals surface area contributed by atoms with Crippen molar-refractivity contribution in [1.29, 1.82) is 0 Å². The summed E-state index contributed by atoms with van der Waals surface area (Å²) in [7, 11) is 0. The van der Waals surface area contributed by atoms with Crippen LogP contribution in [0.4, 0.5) is 30.7 Å². The van der Waals surface area contributed by atoms with Gasteiger partial charge in [-0.25, -0.2) is 14.4 Å². The summed E-state index contributed by atoms with van der Waals surface area (Å²) in [6.07, 6.45) is -7.98. The Bertz CT molecular complexity index is 1210. The molecule has 0 bridgehead atoms. The minimum Gasteiger partial charge on any atom is -0.388 e. The highest BCUT2D eigenvalue weighted by molar-refractivity contribution is 5.94. The normalized spacial score (nSPS) is 15.9. The standard InChI is InChI=1S/C19H12F7N5O2/c20-11-8-28-15(18(21,22)23)6-10(11)13-7-14-12(2-4-31(14)30-13)29-17(32)9-1-3-27-16(5-9)33-19(24,25)26/h1,3,5-8,12H,2,4H2,(H,29,32)/t12-/m1/s1. The maximum Gasteiger partial charge on any atom is 0.574 e. The number of fused-ring (bicyclic) bond motifs is 1. The minimum atomic E-state index is -4.98. The molecule has 1 N–H and O–H groups in total. The van der Waals surface area contributed by atoms with E-state index in [1.54, 1.807) is 0 Å². The predicted molar refractivity (Wildman–Crippen MR) is 96.2 cm³/mol. The summed E-state index contributed by atoms with van der Waals surface area (Å²) in [6, 6.07) is 3.21. The Balaban J connectivity index is 1.55. The molecule has 1 atom stereocenters. The smallest absolute Gasteiger partial charge is 0.388 e. The third kappa shape index (κ3) is 4.88. The van der Waals surface area contributed by atoms with Crippen LogP contribution in [0.15, 0.2) is 36.7 Å². The molecule has 0 radical (unpaired) electrons. The van der Waals surface area contributed by atoms with E-state index in [0.717, 1.165) is 12.3 Å². The zero-order chi connectivity index (χ0) is 24.0. The second-order valence-electron chi connectivity index (χ2n) is 6.97. The lowest BCUT2D eigenvalue weighted by atomic mass is 10.1. The van der Waals surface area contributed by atoms with E-state index < -0.39 is 47.4 Å². The van der Waals surface area contributed by atoms with Crippen LogP contribution < -0.4 is 10.1 Å². The summed E-state index contributed by atoms with van der Waals surface area (Å²) in [5, 5.41) is 6.71. The number of ether oxygens (including phenoxy) is 1. The van der Waals surface area contributed by atoms with Crippen LogP contribution in [0.25, 0.3) is 11.3 Å². The summed E-state index contributed by atoms with van der Waals surface area (Å²) in [5.74, 6) is -2.56. The molecule has 14 heteroatoms. The molecule has 33 heavy (non-hydrogen) atoms. The Morgan fingerprint density at radius 2 is 1.88 bits per heavy atom. The lowest BCUT2D eigenvalue weighted by Crippen LogP contribution is -2.27. The van der Waals surface area contributed by atoms with Crippen molar-refractivity contribution in [3.05, 3.63) is 59.4 Å². The molecule has 0 unspecified atom stereocenters. The fourth-order valence-corrected chi connectivity index (χ4v) is 3.32. The number of rotatable bonds is 4. The number of carbonyl (C=O) groups is 1. The molecule has 1 amide bonds. The van der Waals surface area contributed by atoms with Crippen LogP contribution in [-0.2, 0) is 12.7 Å². The molecule has 0 spiro atoms. The van der Waals surface area contributed by atoms with Gasteiger partial charge in [-0.2, -0.15) is 18.3 Å². The van der Waals surface area contributed by atoms with Gasteiger partial charge < -0.3 is 10.1 Å². The summed E-state index contributed by atoms with van der Waals surface area (Å²) >= 11 is 0. The van der Waals surface area contributed by atoms with Gasteiger partial charge in [0.15, 0.2) is 5.82 Å². The van der Waals surface area contributed by atoms with Crippen LogP contribution in [0.1, 0.15) is 34.2 Å². The van der Waals surface area contributed by atoms with Gasteiger partial charge in [0.05, 0.1) is 23.6 Å². The quantitative estimate of drug-likeness (QED) is 0.570. The molecule has 0 saturated carbocycles. The van der Waals surface area contributed by atoms with Crippen LogP contribution in [-0.4, -0.2) is 32.0 Å². The highest BCUT2D eigenvalue weighted by Gasteiger charge is 2.35. The first-order valence-corrected chi connectivity index (χ1v) is 9.24. The second kappa shape index (κ2) is 8.01. The first-order valence-electron chi connectivity index (χ1n) is 9.24. The zero-order valence-electron chi connectivity index (χ0n) is 16.2. The molecule has 1 aliphatic rings. The number of pyridine rings is 2. The molecule has 0 aliphatic carbocycles. The van der Waals surface area contributed by atoms with Crippen LogP contribution in [0.3, 0.4) is 0 Å². The lowest BCUT2D eigenvalue weighted by molar-refractivity contribution is -0.276. The number of hydrogen-bond donors (Lipinski definition) is 1. The van der Waals surface area contributed by atoms with Crippen molar-refractivity contribution in [1.82, 2.24) is 25.1 Å². The van der Waals surface area contributed by atoms with Gasteiger partial charge in [0.25, 0.3) is 5.91 Å². The lowest BCUT2D eigenvalue weighted by Gasteiger charge is -2.13. The summed E-state index contributed by atoms with van der Waals surface area (Å²) in [5.41, 5.74) is -1.54. The van der Waals surface area contributed by atoms with Crippen LogP contribution in [0.2, 0.25) is 0 Å². The molecule has 0 aromatic carbocycles. The fraction of sp³-hybridized carbons (Fsp3) is 0.263. The molecule has 0 saturated heterocycles. The summed E-state index contributed by atoms with van der Waals surface area (Å²) < 4.78 is 95.1. The molecule has 4 heterocycles. The van der Waals surface area contributed by atoms with Crippen molar-refractivity contribution in [2.24, 2.45) is 0 Å². The minimum absolute atomic E-state index is 0.0841. The van der Waals surface area contributed by atoms with Crippen molar-refractivity contribution < 1.29 is 40.3 Å². The van der Waals surface area contributed by atoms with E-state index in [1.165, 1.54) is 16.8 Å². The number of aromatic nitrogens is 4. The van der Waals surface area contributed by atoms with E-state index in [9.17, 15) is 35.5 Å². The Morgan fingerprint density at radius 3 is 2.58 bits per heavy atom. The van der Waals surface area contributed by atoms with Gasteiger partial charge in [-0.15, -0.1) is 13.2 Å². The SMILES string of the molecule is O=C(N[C@@H]1CCn2nc(-c3cc(C(F)(F)F)ncc3F)cc21)c1ccnc(OC(F)(F)F)c1. The van der Waals surface area contributed by atoms with Crippen molar-refractivity contribution in [3.8, 4) is 17.1 Å². The van der Waals surface area contributed by atoms with E-state index >= 15 is 0 Å². The molecule has 7 nitrogen and oxygen atoms in total. The van der Waals surface area contributed by atoms with Gasteiger partial charge in [-0.05, 0) is 24.6 Å². The number of aryl methyl sites for hydroxylation is 1. The number of halogens is 7. The van der Waals surface area contributed by atoms with Crippen molar-refractivity contribution in [3.63, 3.8) is 0 Å². The van der Waals surface area contributed by atoms with Crippen LogP contribution in [0.5, 0.6) is 5.88 Å². The van der Waals surface area contributed by atoms with E-state index in [1.807, 2.05) is 0 Å². The van der Waals surface area contributed by atoms with E-state index in [4.69, 9.17) is 0 Å². The second-order valence-corrected chi connectivity index (χ2v) is 6.97. The monoisotopic (exact) mass is 475 g/mol. The maximum atomic E-state index is 14.1. The Morgan fingerprint density at radius 1 is 1.12 bits per heavy atom. The van der Waals surface area contributed by atoms with Gasteiger partial charge in [-0.1, -0.05) is 0 Å². The number of hydrogen-bond acceptors (Lipinski definition) is 5. The topological polar surface area (TPSA) is 81.9 Å². The Hall–Kier alpha value is -3.71. The summed E-state index contributed by atoms with van der Waals surface area (Å²) in [4.78, 5) is 18.9. The molecule has 174 valence electrons. The Kier molecular flexibility index (Phi) is 5.46. The molecule has 1 aliphatic heterocycles. The third-order valence-corrected chi connectivity index (χ3v) is 4.74. The average molecular weight is 475 g/mol. The van der Waals surface area contributed by atoms with E-state index in [-0.39, 0.29) is 17.8 Å². The van der Waals surface area contributed by atoms with Crippen molar-refractivity contribution in [2.75, 3.05) is 0 Å². The van der Waals surface area contributed by atoms with Crippen molar-refractivity contribution in [2.45, 2.75) is 31.5 Å². The van der Waals surface area contributed by atoms with Crippen LogP contribution >= 0.6 is 0 Å². The maximum absolute atomic E-state index is 14.1. The van der Waals surface area contributed by atoms with Crippen LogP contribution in [0, 0.1) is 5.82 Å².